The highest BCUT2D eigenvalue weighted by atomic mass is 14.6. The highest BCUT2D eigenvalue weighted by molar-refractivity contribution is 5.82. The molecular weight excluding hydrogens is 208 g/mol. The SMILES string of the molecule is N=CC=C(N)c1ccc(-c2ccccc2)cc1. The molecule has 0 unspecified atom stereocenters. The third kappa shape index (κ3) is 2.61. The number of nitrogens with one attached hydrogen (secondary N) is 1. The summed E-state index contributed by atoms with van der Waals surface area (Å²) in [6.45, 7) is 0. The fourth-order valence-corrected chi connectivity index (χ4v) is 1.67. The van der Waals surface area contributed by atoms with Gasteiger partial charge >= 0.3 is 0 Å². The summed E-state index contributed by atoms with van der Waals surface area (Å²) >= 11 is 0. The molecule has 84 valence electrons. The molecule has 2 aromatic rings. The molecule has 0 aliphatic carbocycles. The molecule has 0 aliphatic heterocycles. The molecule has 0 aromatic heterocycles. The van der Waals surface area contributed by atoms with Gasteiger partial charge in [0.25, 0.3) is 0 Å². The van der Waals surface area contributed by atoms with Gasteiger partial charge in [-0.1, -0.05) is 54.6 Å². The molecule has 2 heteroatoms. The van der Waals surface area contributed by atoms with Gasteiger partial charge in [0.15, 0.2) is 0 Å². The van der Waals surface area contributed by atoms with Gasteiger partial charge in [0.05, 0.1) is 0 Å². The van der Waals surface area contributed by atoms with E-state index in [1.54, 1.807) is 6.08 Å². The lowest BCUT2D eigenvalue weighted by Gasteiger charge is -2.04. The predicted molar refractivity (Wildman–Crippen MR) is 72.8 cm³/mol. The Balaban J connectivity index is 2.31. The van der Waals surface area contributed by atoms with E-state index in [1.807, 2.05) is 42.5 Å². The third-order valence-corrected chi connectivity index (χ3v) is 2.59. The van der Waals surface area contributed by atoms with Crippen LogP contribution in [0.15, 0.2) is 60.7 Å². The molecule has 0 amide bonds. The molecule has 0 spiro atoms. The Labute approximate surface area is 101 Å². The highest BCUT2D eigenvalue weighted by Gasteiger charge is 1.98. The molecule has 0 radical (unpaired) electrons. The summed E-state index contributed by atoms with van der Waals surface area (Å²) in [5.74, 6) is 0. The van der Waals surface area contributed by atoms with Crippen LogP contribution in [0, 0.1) is 5.41 Å². The Morgan fingerprint density at radius 3 is 2.06 bits per heavy atom. The minimum absolute atomic E-state index is 0.611. The summed E-state index contributed by atoms with van der Waals surface area (Å²) in [4.78, 5) is 0. The number of nitrogens with two attached hydrogens (primary N) is 1. The first-order valence-corrected chi connectivity index (χ1v) is 5.43. The maximum absolute atomic E-state index is 6.98. The van der Waals surface area contributed by atoms with Gasteiger partial charge < -0.3 is 11.1 Å². The molecule has 17 heavy (non-hydrogen) atoms. The molecule has 0 atom stereocenters. The molecule has 2 nitrogen and oxygen atoms in total. The molecule has 0 aliphatic rings. The molecular formula is C15H14N2. The Morgan fingerprint density at radius 2 is 1.47 bits per heavy atom. The molecule has 2 aromatic carbocycles. The van der Waals surface area contributed by atoms with E-state index in [0.717, 1.165) is 11.1 Å². The number of benzene rings is 2. The minimum Gasteiger partial charge on any atom is -0.398 e. The first-order valence-electron chi connectivity index (χ1n) is 5.43. The van der Waals surface area contributed by atoms with E-state index in [2.05, 4.69) is 12.1 Å². The molecule has 3 N–H and O–H groups in total. The van der Waals surface area contributed by atoms with Gasteiger partial charge in [0.1, 0.15) is 0 Å². The summed E-state index contributed by atoms with van der Waals surface area (Å²) in [7, 11) is 0. The van der Waals surface area contributed by atoms with E-state index >= 15 is 0 Å². The Morgan fingerprint density at radius 1 is 0.882 bits per heavy atom. The summed E-state index contributed by atoms with van der Waals surface area (Å²) in [6, 6.07) is 18.2. The second-order valence-corrected chi connectivity index (χ2v) is 3.73. The molecule has 0 fully saturated rings. The molecule has 0 saturated carbocycles. The Kier molecular flexibility index (Phi) is 3.36. The molecule has 0 bridgehead atoms. The van der Waals surface area contributed by atoms with Crippen LogP contribution < -0.4 is 5.73 Å². The van der Waals surface area contributed by atoms with Crippen LogP contribution in [0.25, 0.3) is 16.8 Å². The average molecular weight is 222 g/mol. The molecule has 0 saturated heterocycles. The maximum atomic E-state index is 6.98. The van der Waals surface area contributed by atoms with Crippen molar-refractivity contribution in [3.05, 3.63) is 66.2 Å². The number of allylic oxidation sites excluding steroid dienone is 1. The third-order valence-electron chi connectivity index (χ3n) is 2.59. The highest BCUT2D eigenvalue weighted by Crippen LogP contribution is 2.20. The van der Waals surface area contributed by atoms with Gasteiger partial charge in [0.2, 0.25) is 0 Å². The second kappa shape index (κ2) is 5.12. The summed E-state index contributed by atoms with van der Waals surface area (Å²) in [6.07, 6.45) is 2.78. The van der Waals surface area contributed by atoms with Crippen LogP contribution in [0.5, 0.6) is 0 Å². The van der Waals surface area contributed by atoms with Crippen molar-refractivity contribution in [2.24, 2.45) is 5.73 Å². The van der Waals surface area contributed by atoms with Gasteiger partial charge in [-0.3, -0.25) is 0 Å². The summed E-state index contributed by atoms with van der Waals surface area (Å²) in [5.41, 5.74) is 9.71. The van der Waals surface area contributed by atoms with E-state index in [-0.39, 0.29) is 0 Å². The lowest BCUT2D eigenvalue weighted by atomic mass is 10.0. The van der Waals surface area contributed by atoms with E-state index < -0.39 is 0 Å². The van der Waals surface area contributed by atoms with Crippen LogP contribution in [-0.4, -0.2) is 6.21 Å². The summed E-state index contributed by atoms with van der Waals surface area (Å²) in [5, 5.41) is 6.98. The standard InChI is InChI=1S/C15H14N2/c16-11-10-15(17)14-8-6-13(7-9-14)12-4-2-1-3-5-12/h1-11,16H,17H2. The van der Waals surface area contributed by atoms with Gasteiger partial charge in [-0.15, -0.1) is 0 Å². The van der Waals surface area contributed by atoms with Crippen LogP contribution in [0.1, 0.15) is 5.56 Å². The first-order chi connectivity index (χ1) is 8.31. The van der Waals surface area contributed by atoms with Gasteiger partial charge in [-0.25, -0.2) is 0 Å². The van der Waals surface area contributed by atoms with E-state index in [1.165, 1.54) is 11.8 Å². The number of rotatable bonds is 3. The topological polar surface area (TPSA) is 49.9 Å². The van der Waals surface area contributed by atoms with Crippen molar-refractivity contribution in [2.45, 2.75) is 0 Å². The predicted octanol–water partition coefficient (Wildman–Crippen LogP) is 3.30. The van der Waals surface area contributed by atoms with Crippen LogP contribution >= 0.6 is 0 Å². The number of hydrogen-bond acceptors (Lipinski definition) is 2. The van der Waals surface area contributed by atoms with Crippen molar-refractivity contribution in [2.75, 3.05) is 0 Å². The van der Waals surface area contributed by atoms with Gasteiger partial charge in [0, 0.05) is 11.9 Å². The maximum Gasteiger partial charge on any atom is 0.0402 e. The van der Waals surface area contributed by atoms with Crippen LogP contribution in [0.2, 0.25) is 0 Å². The number of hydrogen-bond donors (Lipinski definition) is 2. The molecule has 0 heterocycles. The van der Waals surface area contributed by atoms with Crippen molar-refractivity contribution in [3.63, 3.8) is 0 Å². The van der Waals surface area contributed by atoms with E-state index in [4.69, 9.17) is 11.1 Å². The Hall–Kier alpha value is -2.35. The van der Waals surface area contributed by atoms with Crippen molar-refractivity contribution in [3.8, 4) is 11.1 Å². The zero-order valence-corrected chi connectivity index (χ0v) is 9.43. The average Bonchev–Trinajstić information content (AvgIpc) is 2.40. The van der Waals surface area contributed by atoms with Crippen LogP contribution in [-0.2, 0) is 0 Å². The van der Waals surface area contributed by atoms with Crippen LogP contribution in [0.3, 0.4) is 0 Å². The minimum atomic E-state index is 0.611. The van der Waals surface area contributed by atoms with Crippen molar-refractivity contribution in [1.82, 2.24) is 0 Å². The first kappa shape index (κ1) is 11.1. The van der Waals surface area contributed by atoms with E-state index in [9.17, 15) is 0 Å². The van der Waals surface area contributed by atoms with Gasteiger partial charge in [-0.05, 0) is 22.8 Å². The monoisotopic (exact) mass is 222 g/mol. The van der Waals surface area contributed by atoms with Crippen LogP contribution in [0.4, 0.5) is 0 Å². The quantitative estimate of drug-likeness (QED) is 0.769. The fraction of sp³-hybridized carbons (Fsp3) is 0. The molecule has 2 rings (SSSR count). The smallest absolute Gasteiger partial charge is 0.0402 e. The largest absolute Gasteiger partial charge is 0.398 e. The lowest BCUT2D eigenvalue weighted by Crippen LogP contribution is -1.96. The normalized spacial score (nSPS) is 11.2. The Bertz CT molecular complexity index is 525. The second-order valence-electron chi connectivity index (χ2n) is 3.73. The summed E-state index contributed by atoms with van der Waals surface area (Å²) < 4.78 is 0. The zero-order chi connectivity index (χ0) is 12.1. The van der Waals surface area contributed by atoms with Crippen molar-refractivity contribution >= 4 is 11.9 Å². The van der Waals surface area contributed by atoms with Gasteiger partial charge in [-0.2, -0.15) is 0 Å². The van der Waals surface area contributed by atoms with E-state index in [0.29, 0.717) is 5.70 Å². The zero-order valence-electron chi connectivity index (χ0n) is 9.43. The fourth-order valence-electron chi connectivity index (χ4n) is 1.67. The van der Waals surface area contributed by atoms with Crippen molar-refractivity contribution in [1.29, 1.82) is 5.41 Å². The van der Waals surface area contributed by atoms with Crippen molar-refractivity contribution < 1.29 is 0 Å². The lowest BCUT2D eigenvalue weighted by molar-refractivity contribution is 1.51.